The standard InChI is InChI=1S/C27H34N2O2/c1-19-12-13-21(25(2,3)20-10-6-4-7-11-20)22(16-19)31-24(30)23-26(14-8-5-9-15-26)27(23,17-28)18-29/h4,6-7,10-11,19,21-23H,5,8-9,12-16H2,1-3H3/t19-,21-,22-,23-/m1/s1. The van der Waals surface area contributed by atoms with Crippen LogP contribution < -0.4 is 0 Å². The van der Waals surface area contributed by atoms with Gasteiger partial charge in [0.15, 0.2) is 5.41 Å². The molecule has 4 nitrogen and oxygen atoms in total. The summed E-state index contributed by atoms with van der Waals surface area (Å²) < 4.78 is 6.25. The van der Waals surface area contributed by atoms with Crippen LogP contribution in [0, 0.1) is 51.2 Å². The van der Waals surface area contributed by atoms with Gasteiger partial charge in [-0.15, -0.1) is 0 Å². The molecule has 3 aliphatic rings. The van der Waals surface area contributed by atoms with Gasteiger partial charge < -0.3 is 4.74 Å². The van der Waals surface area contributed by atoms with Crippen LogP contribution in [-0.2, 0) is 14.9 Å². The van der Waals surface area contributed by atoms with E-state index in [1.807, 2.05) is 6.07 Å². The highest BCUT2D eigenvalue weighted by molar-refractivity contribution is 5.82. The molecule has 3 saturated carbocycles. The van der Waals surface area contributed by atoms with Gasteiger partial charge in [-0.05, 0) is 42.6 Å². The van der Waals surface area contributed by atoms with Crippen molar-refractivity contribution >= 4 is 5.97 Å². The van der Waals surface area contributed by atoms with Crippen molar-refractivity contribution in [1.82, 2.24) is 0 Å². The maximum Gasteiger partial charge on any atom is 0.312 e. The number of carbonyl (C=O) groups is 1. The van der Waals surface area contributed by atoms with E-state index < -0.39 is 16.7 Å². The molecule has 1 aromatic carbocycles. The van der Waals surface area contributed by atoms with Crippen LogP contribution in [0.5, 0.6) is 0 Å². The second-order valence-corrected chi connectivity index (χ2v) is 10.8. The summed E-state index contributed by atoms with van der Waals surface area (Å²) in [4.78, 5) is 13.5. The van der Waals surface area contributed by atoms with E-state index in [4.69, 9.17) is 4.74 Å². The molecule has 0 heterocycles. The molecule has 0 N–H and O–H groups in total. The number of nitriles is 2. The van der Waals surface area contributed by atoms with Crippen LogP contribution in [0.4, 0.5) is 0 Å². The van der Waals surface area contributed by atoms with Gasteiger partial charge in [-0.3, -0.25) is 4.79 Å². The average Bonchev–Trinajstić information content (AvgIpc) is 3.34. The van der Waals surface area contributed by atoms with Crippen LogP contribution in [0.3, 0.4) is 0 Å². The molecule has 3 aliphatic carbocycles. The lowest BCUT2D eigenvalue weighted by Crippen LogP contribution is -2.44. The molecule has 1 spiro atoms. The van der Waals surface area contributed by atoms with Gasteiger partial charge in [0.2, 0.25) is 0 Å². The van der Waals surface area contributed by atoms with Gasteiger partial charge in [-0.25, -0.2) is 0 Å². The van der Waals surface area contributed by atoms with Crippen molar-refractivity contribution in [2.24, 2.45) is 28.6 Å². The van der Waals surface area contributed by atoms with Gasteiger partial charge in [-0.1, -0.05) is 76.8 Å². The van der Waals surface area contributed by atoms with Gasteiger partial charge in [0.1, 0.15) is 6.10 Å². The Hall–Kier alpha value is -2.33. The highest BCUT2D eigenvalue weighted by atomic mass is 16.5. The monoisotopic (exact) mass is 418 g/mol. The highest BCUT2D eigenvalue weighted by Gasteiger charge is 2.81. The first-order chi connectivity index (χ1) is 14.8. The molecule has 0 saturated heterocycles. The third-order valence-electron chi connectivity index (χ3n) is 8.79. The lowest BCUT2D eigenvalue weighted by Gasteiger charge is -2.44. The first-order valence-corrected chi connectivity index (χ1v) is 11.9. The third-order valence-corrected chi connectivity index (χ3v) is 8.79. The summed E-state index contributed by atoms with van der Waals surface area (Å²) in [5.41, 5.74) is -0.555. The van der Waals surface area contributed by atoms with Crippen LogP contribution in [-0.4, -0.2) is 12.1 Å². The van der Waals surface area contributed by atoms with Gasteiger partial charge in [0.25, 0.3) is 0 Å². The number of esters is 1. The molecule has 4 rings (SSSR count). The quantitative estimate of drug-likeness (QED) is 0.568. The van der Waals surface area contributed by atoms with Crippen molar-refractivity contribution in [1.29, 1.82) is 10.5 Å². The Bertz CT molecular complexity index is 887. The molecule has 0 radical (unpaired) electrons. The molecule has 164 valence electrons. The minimum absolute atomic E-state index is 0.125. The van der Waals surface area contributed by atoms with Crippen molar-refractivity contribution in [3.63, 3.8) is 0 Å². The number of ether oxygens (including phenoxy) is 1. The van der Waals surface area contributed by atoms with Crippen molar-refractivity contribution < 1.29 is 9.53 Å². The zero-order valence-electron chi connectivity index (χ0n) is 19.1. The molecule has 0 aliphatic heterocycles. The SMILES string of the molecule is C[C@@H]1CC[C@@H](C(C)(C)c2ccccc2)[C@H](OC(=O)[C@H]2C(C#N)(C#N)C23CCCCC3)C1. The normalized spacial score (nSPS) is 31.3. The third kappa shape index (κ3) is 3.36. The molecular weight excluding hydrogens is 384 g/mol. The van der Waals surface area contributed by atoms with Crippen molar-refractivity contribution in [3.05, 3.63) is 35.9 Å². The fourth-order valence-electron chi connectivity index (χ4n) is 6.82. The van der Waals surface area contributed by atoms with Gasteiger partial charge in [0, 0.05) is 11.3 Å². The Kier molecular flexibility index (Phi) is 5.63. The van der Waals surface area contributed by atoms with Crippen LogP contribution in [0.15, 0.2) is 30.3 Å². The molecule has 4 heteroatoms. The summed E-state index contributed by atoms with van der Waals surface area (Å²) >= 11 is 0. The Morgan fingerprint density at radius 1 is 1.06 bits per heavy atom. The Morgan fingerprint density at radius 3 is 2.32 bits per heavy atom. The molecule has 4 atom stereocenters. The Balaban J connectivity index is 1.58. The predicted octanol–water partition coefficient (Wildman–Crippen LogP) is 5.93. The van der Waals surface area contributed by atoms with Crippen molar-refractivity contribution in [2.45, 2.75) is 83.7 Å². The summed E-state index contributed by atoms with van der Waals surface area (Å²) in [6, 6.07) is 15.0. The highest BCUT2D eigenvalue weighted by Crippen LogP contribution is 2.75. The van der Waals surface area contributed by atoms with Crippen LogP contribution >= 0.6 is 0 Å². The molecular formula is C27H34N2O2. The smallest absolute Gasteiger partial charge is 0.312 e. The first kappa shape index (κ1) is 21.9. The van der Waals surface area contributed by atoms with E-state index in [0.29, 0.717) is 5.92 Å². The largest absolute Gasteiger partial charge is 0.462 e. The minimum atomic E-state index is -1.20. The minimum Gasteiger partial charge on any atom is -0.462 e. The van der Waals surface area contributed by atoms with Gasteiger partial charge in [-0.2, -0.15) is 10.5 Å². The number of rotatable bonds is 4. The van der Waals surface area contributed by atoms with Crippen LogP contribution in [0.1, 0.15) is 77.7 Å². The van der Waals surface area contributed by atoms with Crippen molar-refractivity contribution in [3.8, 4) is 12.1 Å². The fraction of sp³-hybridized carbons (Fsp3) is 0.667. The molecule has 0 unspecified atom stereocenters. The second-order valence-electron chi connectivity index (χ2n) is 10.8. The summed E-state index contributed by atoms with van der Waals surface area (Å²) in [5, 5.41) is 19.8. The Morgan fingerprint density at radius 2 is 1.71 bits per heavy atom. The van der Waals surface area contributed by atoms with Gasteiger partial charge >= 0.3 is 5.97 Å². The Labute approximate surface area is 186 Å². The average molecular weight is 419 g/mol. The summed E-state index contributed by atoms with van der Waals surface area (Å²) in [6.07, 6.45) is 7.46. The molecule has 0 bridgehead atoms. The maximum atomic E-state index is 13.5. The zero-order valence-corrected chi connectivity index (χ0v) is 19.1. The lowest BCUT2D eigenvalue weighted by molar-refractivity contribution is -0.159. The zero-order chi connectivity index (χ0) is 22.3. The van der Waals surface area contributed by atoms with Crippen LogP contribution in [0.2, 0.25) is 0 Å². The second kappa shape index (κ2) is 7.98. The molecule has 31 heavy (non-hydrogen) atoms. The van der Waals surface area contributed by atoms with Crippen molar-refractivity contribution in [2.75, 3.05) is 0 Å². The molecule has 0 amide bonds. The van der Waals surface area contributed by atoms with Crippen LogP contribution in [0.25, 0.3) is 0 Å². The van der Waals surface area contributed by atoms with E-state index >= 15 is 0 Å². The number of carbonyl (C=O) groups excluding carboxylic acids is 1. The number of nitrogens with zero attached hydrogens (tertiary/aromatic N) is 2. The first-order valence-electron chi connectivity index (χ1n) is 11.9. The molecule has 3 fully saturated rings. The molecule has 1 aromatic rings. The van der Waals surface area contributed by atoms with E-state index in [1.165, 1.54) is 5.56 Å². The van der Waals surface area contributed by atoms with E-state index in [2.05, 4.69) is 57.2 Å². The number of hydrogen-bond donors (Lipinski definition) is 0. The maximum absolute atomic E-state index is 13.5. The van der Waals surface area contributed by atoms with E-state index in [-0.39, 0.29) is 23.4 Å². The topological polar surface area (TPSA) is 73.9 Å². The van der Waals surface area contributed by atoms with E-state index in [0.717, 1.165) is 51.4 Å². The fourth-order valence-corrected chi connectivity index (χ4v) is 6.82. The predicted molar refractivity (Wildman–Crippen MR) is 119 cm³/mol. The summed E-state index contributed by atoms with van der Waals surface area (Å²) in [5.74, 6) is -0.180. The summed E-state index contributed by atoms with van der Waals surface area (Å²) in [6.45, 7) is 6.72. The number of benzene rings is 1. The lowest BCUT2D eigenvalue weighted by atomic mass is 9.64. The van der Waals surface area contributed by atoms with E-state index in [9.17, 15) is 15.3 Å². The molecule has 0 aromatic heterocycles. The number of hydrogen-bond acceptors (Lipinski definition) is 4. The van der Waals surface area contributed by atoms with E-state index in [1.54, 1.807) is 0 Å². The summed E-state index contributed by atoms with van der Waals surface area (Å²) in [7, 11) is 0. The van der Waals surface area contributed by atoms with Gasteiger partial charge in [0.05, 0.1) is 18.1 Å².